The van der Waals surface area contributed by atoms with Crippen LogP contribution in [0.1, 0.15) is 12.8 Å². The smallest absolute Gasteiger partial charge is 0.328 e. The van der Waals surface area contributed by atoms with E-state index >= 15 is 0 Å². The van der Waals surface area contributed by atoms with Crippen LogP contribution in [0.5, 0.6) is 0 Å². The van der Waals surface area contributed by atoms with Crippen molar-refractivity contribution < 1.29 is 29.4 Å². The van der Waals surface area contributed by atoms with Crippen molar-refractivity contribution in [3.05, 3.63) is 0 Å². The number of carbonyl (C=O) groups excluding carboxylic acids is 3. The van der Waals surface area contributed by atoms with Gasteiger partial charge in [-0.25, -0.2) is 4.79 Å². The second kappa shape index (κ2) is 15.7. The summed E-state index contributed by atoms with van der Waals surface area (Å²) in [5.74, 6) is -2.07. The molecule has 0 fully saturated rings. The van der Waals surface area contributed by atoms with Gasteiger partial charge < -0.3 is 31.9 Å². The number of nitrogens with two attached hydrogens (primary N) is 1. The average Bonchev–Trinajstić information content (AvgIpc) is 2.70. The number of thiol groups is 1. The van der Waals surface area contributed by atoms with E-state index in [9.17, 15) is 19.2 Å². The molecular weight excluding hydrogens is 440 g/mol. The summed E-state index contributed by atoms with van der Waals surface area (Å²) in [4.78, 5) is 48.1. The van der Waals surface area contributed by atoms with Gasteiger partial charge in [0, 0.05) is 5.75 Å². The molecule has 0 aliphatic carbocycles. The minimum absolute atomic E-state index is 0.0158. The number of carboxylic acid groups (broad SMARTS) is 1. The minimum Gasteiger partial charge on any atom is -0.480 e. The zero-order valence-corrected chi connectivity index (χ0v) is 18.9. The Morgan fingerprint density at radius 2 is 1.38 bits per heavy atom. The van der Waals surface area contributed by atoms with Crippen molar-refractivity contribution in [1.82, 2.24) is 16.0 Å². The van der Waals surface area contributed by atoms with Gasteiger partial charge in [-0.05, 0) is 36.9 Å². The van der Waals surface area contributed by atoms with Crippen molar-refractivity contribution in [2.45, 2.75) is 37.0 Å². The number of nitrogens with one attached hydrogen (secondary N) is 3. The van der Waals surface area contributed by atoms with Gasteiger partial charge in [-0.2, -0.15) is 36.2 Å². The summed E-state index contributed by atoms with van der Waals surface area (Å²) in [5, 5.41) is 25.2. The molecular formula is C16H30N4O6S3. The zero-order chi connectivity index (χ0) is 22.4. The van der Waals surface area contributed by atoms with Crippen molar-refractivity contribution in [1.29, 1.82) is 0 Å². The van der Waals surface area contributed by atoms with Gasteiger partial charge in [-0.1, -0.05) is 0 Å². The molecule has 0 aliphatic rings. The molecule has 0 radical (unpaired) electrons. The molecule has 4 unspecified atom stereocenters. The normalized spacial score (nSPS) is 14.9. The lowest BCUT2D eigenvalue weighted by molar-refractivity contribution is -0.143. The Labute approximate surface area is 184 Å². The van der Waals surface area contributed by atoms with Crippen molar-refractivity contribution in [2.75, 3.05) is 36.4 Å². The Balaban J connectivity index is 5.05. The molecule has 0 heterocycles. The third kappa shape index (κ3) is 11.0. The first-order valence-electron chi connectivity index (χ1n) is 8.80. The highest BCUT2D eigenvalue weighted by Crippen LogP contribution is 2.04. The number of carbonyl (C=O) groups is 4. The molecule has 10 nitrogen and oxygen atoms in total. The molecule has 3 amide bonds. The summed E-state index contributed by atoms with van der Waals surface area (Å²) in [5.41, 5.74) is 5.79. The number of rotatable bonds is 15. The van der Waals surface area contributed by atoms with E-state index in [1.54, 1.807) is 11.8 Å². The van der Waals surface area contributed by atoms with Crippen LogP contribution in [0.25, 0.3) is 0 Å². The number of hydrogen-bond donors (Lipinski definition) is 7. The second-order valence-electron chi connectivity index (χ2n) is 6.06. The van der Waals surface area contributed by atoms with E-state index in [0.29, 0.717) is 17.9 Å². The Morgan fingerprint density at radius 1 is 0.897 bits per heavy atom. The molecule has 0 aromatic rings. The lowest BCUT2D eigenvalue weighted by Gasteiger charge is -2.24. The number of carboxylic acids is 1. The van der Waals surface area contributed by atoms with Crippen LogP contribution in [0.4, 0.5) is 0 Å². The lowest BCUT2D eigenvalue weighted by atomic mass is 10.1. The number of amides is 3. The van der Waals surface area contributed by atoms with Gasteiger partial charge in [-0.3, -0.25) is 14.4 Å². The molecule has 0 rings (SSSR count). The summed E-state index contributed by atoms with van der Waals surface area (Å²) in [6.07, 6.45) is 4.39. The molecule has 0 aromatic carbocycles. The molecule has 4 atom stereocenters. The van der Waals surface area contributed by atoms with Gasteiger partial charge in [0.2, 0.25) is 17.7 Å². The number of thioether (sulfide) groups is 2. The molecule has 0 saturated carbocycles. The van der Waals surface area contributed by atoms with Gasteiger partial charge in [0.15, 0.2) is 0 Å². The minimum atomic E-state index is -1.48. The number of aliphatic hydroxyl groups excluding tert-OH is 1. The molecule has 0 aromatic heterocycles. The highest BCUT2D eigenvalue weighted by atomic mass is 32.2. The molecule has 29 heavy (non-hydrogen) atoms. The van der Waals surface area contributed by atoms with Crippen LogP contribution in [0.3, 0.4) is 0 Å². The summed E-state index contributed by atoms with van der Waals surface area (Å²) in [7, 11) is 0. The Morgan fingerprint density at radius 3 is 1.86 bits per heavy atom. The fraction of sp³-hybridized carbons (Fsp3) is 0.750. The average molecular weight is 471 g/mol. The van der Waals surface area contributed by atoms with Crippen LogP contribution in [-0.2, 0) is 19.2 Å². The lowest BCUT2D eigenvalue weighted by Crippen LogP contribution is -2.58. The predicted octanol–water partition coefficient (Wildman–Crippen LogP) is -1.72. The summed E-state index contributed by atoms with van der Waals surface area (Å²) in [6.45, 7) is -0.784. The van der Waals surface area contributed by atoms with E-state index in [1.807, 2.05) is 12.5 Å². The Kier molecular flexibility index (Phi) is 15.0. The maximum atomic E-state index is 12.5. The monoisotopic (exact) mass is 470 g/mol. The van der Waals surface area contributed by atoms with Crippen LogP contribution >= 0.6 is 36.2 Å². The van der Waals surface area contributed by atoms with E-state index in [-0.39, 0.29) is 12.2 Å². The fourth-order valence-electron chi connectivity index (χ4n) is 2.08. The number of aliphatic hydroxyl groups is 1. The van der Waals surface area contributed by atoms with Crippen LogP contribution in [-0.4, -0.2) is 94.4 Å². The molecule has 0 saturated heterocycles. The largest absolute Gasteiger partial charge is 0.480 e. The predicted molar refractivity (Wildman–Crippen MR) is 118 cm³/mol. The van der Waals surface area contributed by atoms with E-state index in [0.717, 1.165) is 0 Å². The van der Waals surface area contributed by atoms with Crippen LogP contribution < -0.4 is 21.7 Å². The molecule has 0 spiro atoms. The highest BCUT2D eigenvalue weighted by molar-refractivity contribution is 7.98. The van der Waals surface area contributed by atoms with E-state index in [4.69, 9.17) is 15.9 Å². The molecule has 0 aliphatic heterocycles. The SMILES string of the molecule is CSCCC(N)C(=O)NC(CS)C(=O)NC(CCSC)C(=O)NC(CO)C(=O)O. The van der Waals surface area contributed by atoms with Gasteiger partial charge in [0.25, 0.3) is 0 Å². The molecule has 13 heteroatoms. The van der Waals surface area contributed by atoms with E-state index in [1.165, 1.54) is 11.8 Å². The van der Waals surface area contributed by atoms with Crippen LogP contribution in [0.2, 0.25) is 0 Å². The number of hydrogen-bond acceptors (Lipinski definition) is 9. The highest BCUT2D eigenvalue weighted by Gasteiger charge is 2.29. The third-order valence-corrected chi connectivity index (χ3v) is 5.48. The van der Waals surface area contributed by atoms with Crippen LogP contribution in [0, 0.1) is 0 Å². The van der Waals surface area contributed by atoms with Crippen LogP contribution in [0.15, 0.2) is 0 Å². The van der Waals surface area contributed by atoms with Crippen molar-refractivity contribution in [2.24, 2.45) is 5.73 Å². The maximum absolute atomic E-state index is 12.5. The summed E-state index contributed by atoms with van der Waals surface area (Å²) < 4.78 is 0. The topological polar surface area (TPSA) is 171 Å². The van der Waals surface area contributed by atoms with Crippen molar-refractivity contribution in [3.63, 3.8) is 0 Å². The zero-order valence-electron chi connectivity index (χ0n) is 16.4. The van der Waals surface area contributed by atoms with Gasteiger partial charge in [0.05, 0.1) is 12.6 Å². The molecule has 168 valence electrons. The van der Waals surface area contributed by atoms with E-state index < -0.39 is 54.5 Å². The Hall–Kier alpha value is -1.15. The molecule has 0 bridgehead atoms. The maximum Gasteiger partial charge on any atom is 0.328 e. The van der Waals surface area contributed by atoms with Gasteiger partial charge in [-0.15, -0.1) is 0 Å². The first kappa shape index (κ1) is 27.8. The van der Waals surface area contributed by atoms with Gasteiger partial charge >= 0.3 is 5.97 Å². The summed E-state index contributed by atoms with van der Waals surface area (Å²) >= 11 is 7.06. The van der Waals surface area contributed by atoms with Gasteiger partial charge in [0.1, 0.15) is 18.1 Å². The third-order valence-electron chi connectivity index (χ3n) is 3.83. The first-order valence-corrected chi connectivity index (χ1v) is 12.2. The first-order chi connectivity index (χ1) is 13.7. The second-order valence-corrected chi connectivity index (χ2v) is 8.39. The van der Waals surface area contributed by atoms with Crippen molar-refractivity contribution >= 4 is 59.8 Å². The quantitative estimate of drug-likeness (QED) is 0.138. The standard InChI is InChI=1S/C16H30N4O6S3/c1-28-5-3-9(17)13(22)20-12(8-27)15(24)18-10(4-6-29-2)14(23)19-11(7-21)16(25)26/h9-12,21,27H,3-8,17H2,1-2H3,(H,18,24)(H,19,23)(H,20,22)(H,25,26). The molecule has 7 N–H and O–H groups in total. The summed E-state index contributed by atoms with van der Waals surface area (Å²) in [6, 6.07) is -4.29. The van der Waals surface area contributed by atoms with E-state index in [2.05, 4.69) is 28.6 Å². The fourth-order valence-corrected chi connectivity index (χ4v) is 3.30. The van der Waals surface area contributed by atoms with Crippen molar-refractivity contribution in [3.8, 4) is 0 Å². The Bertz CT molecular complexity index is 555. The number of aliphatic carboxylic acids is 1.